The molecule has 0 aromatic heterocycles. The number of anilines is 1. The molecule has 0 aliphatic heterocycles. The molecule has 2 aromatic rings. The normalized spacial score (nSPS) is 12.6. The quantitative estimate of drug-likeness (QED) is 0.598. The summed E-state index contributed by atoms with van der Waals surface area (Å²) >= 11 is 0. The maximum absolute atomic E-state index is 12.8. The van der Waals surface area contributed by atoms with Crippen LogP contribution in [0.2, 0.25) is 0 Å². The number of para-hydroxylation sites is 1. The number of rotatable bonds is 8. The summed E-state index contributed by atoms with van der Waals surface area (Å²) < 4.78 is 31.9. The molecule has 7 nitrogen and oxygen atoms in total. The van der Waals surface area contributed by atoms with Crippen LogP contribution in [-0.2, 0) is 19.6 Å². The van der Waals surface area contributed by atoms with Crippen LogP contribution in [0.1, 0.15) is 38.1 Å². The van der Waals surface area contributed by atoms with Crippen molar-refractivity contribution in [2.24, 2.45) is 0 Å². The highest BCUT2D eigenvalue weighted by Crippen LogP contribution is 2.20. The number of hydrogen-bond acceptors (Lipinski definition) is 5. The van der Waals surface area contributed by atoms with E-state index in [1.165, 1.54) is 47.4 Å². The zero-order valence-corrected chi connectivity index (χ0v) is 18.7. The molecule has 1 atom stereocenters. The Labute approximate surface area is 178 Å². The third-order valence-electron chi connectivity index (χ3n) is 4.76. The predicted octanol–water partition coefficient (Wildman–Crippen LogP) is 3.31. The van der Waals surface area contributed by atoms with E-state index in [1.807, 2.05) is 25.1 Å². The molecule has 0 fully saturated rings. The molecule has 0 radical (unpaired) electrons. The fraction of sp³-hybridized carbons (Fsp3) is 0.364. The van der Waals surface area contributed by atoms with Gasteiger partial charge in [-0.15, -0.1) is 0 Å². The number of ether oxygens (including phenoxy) is 1. The summed E-state index contributed by atoms with van der Waals surface area (Å²) in [5, 5.41) is 0. The van der Waals surface area contributed by atoms with Gasteiger partial charge in [-0.2, -0.15) is 4.31 Å². The lowest BCUT2D eigenvalue weighted by Gasteiger charge is -2.24. The van der Waals surface area contributed by atoms with Gasteiger partial charge in [0.15, 0.2) is 6.10 Å². The summed E-state index contributed by atoms with van der Waals surface area (Å²) in [5.41, 5.74) is 0.772. The fourth-order valence-corrected chi connectivity index (χ4v) is 4.21. The van der Waals surface area contributed by atoms with Crippen LogP contribution in [0.15, 0.2) is 59.5 Å². The second kappa shape index (κ2) is 9.86. The lowest BCUT2D eigenvalue weighted by molar-refractivity contribution is -0.126. The molecule has 0 unspecified atom stereocenters. The third kappa shape index (κ3) is 5.25. The van der Waals surface area contributed by atoms with E-state index in [4.69, 9.17) is 4.74 Å². The van der Waals surface area contributed by atoms with Gasteiger partial charge in [0.25, 0.3) is 5.91 Å². The number of carbonyl (C=O) groups is 2. The van der Waals surface area contributed by atoms with Crippen molar-refractivity contribution >= 4 is 27.6 Å². The number of sulfonamides is 1. The molecule has 2 aromatic carbocycles. The molecule has 162 valence electrons. The highest BCUT2D eigenvalue weighted by Gasteiger charge is 2.27. The number of nitrogens with zero attached hydrogens (tertiary/aromatic N) is 2. The number of likely N-dealkylation sites (N-methyl/N-ethyl adjacent to an activating group) is 1. The Morgan fingerprint density at radius 1 is 1.00 bits per heavy atom. The standard InChI is InChI=1S/C22H28N2O5S/c1-6-24(19-12-8-7-9-13-19)21(25)17(4)29-22(26)18-11-10-14-20(15-18)30(27,28)23(5)16(2)3/h7-17H,6H2,1-5H3/t17-/m1/s1. The van der Waals surface area contributed by atoms with Crippen LogP contribution in [0.3, 0.4) is 0 Å². The van der Waals surface area contributed by atoms with Crippen molar-refractivity contribution in [1.82, 2.24) is 4.31 Å². The Balaban J connectivity index is 2.19. The van der Waals surface area contributed by atoms with Crippen LogP contribution in [-0.4, -0.2) is 50.3 Å². The zero-order chi connectivity index (χ0) is 22.5. The van der Waals surface area contributed by atoms with Gasteiger partial charge < -0.3 is 9.64 Å². The molecule has 0 spiro atoms. The van der Waals surface area contributed by atoms with Crippen LogP contribution in [0.25, 0.3) is 0 Å². The van der Waals surface area contributed by atoms with E-state index >= 15 is 0 Å². The van der Waals surface area contributed by atoms with Crippen molar-refractivity contribution < 1.29 is 22.7 Å². The average molecular weight is 433 g/mol. The van der Waals surface area contributed by atoms with Crippen molar-refractivity contribution in [1.29, 1.82) is 0 Å². The summed E-state index contributed by atoms with van der Waals surface area (Å²) in [5.74, 6) is -1.12. The van der Waals surface area contributed by atoms with Crippen molar-refractivity contribution in [3.05, 3.63) is 60.2 Å². The Morgan fingerprint density at radius 2 is 1.63 bits per heavy atom. The molecule has 0 aliphatic rings. The number of hydrogen-bond donors (Lipinski definition) is 0. The molecule has 0 heterocycles. The van der Waals surface area contributed by atoms with Gasteiger partial charge in [0.05, 0.1) is 10.5 Å². The maximum Gasteiger partial charge on any atom is 0.338 e. The molecule has 0 aliphatic carbocycles. The van der Waals surface area contributed by atoms with Crippen molar-refractivity contribution in [2.75, 3.05) is 18.5 Å². The SMILES string of the molecule is CCN(C(=O)[C@@H](C)OC(=O)c1cccc(S(=O)(=O)N(C)C(C)C)c1)c1ccccc1. The monoisotopic (exact) mass is 432 g/mol. The van der Waals surface area contributed by atoms with Crippen LogP contribution >= 0.6 is 0 Å². The van der Waals surface area contributed by atoms with Crippen LogP contribution in [0.5, 0.6) is 0 Å². The lowest BCUT2D eigenvalue weighted by atomic mass is 10.2. The summed E-state index contributed by atoms with van der Waals surface area (Å²) in [4.78, 5) is 26.9. The van der Waals surface area contributed by atoms with E-state index in [0.717, 1.165) is 0 Å². The smallest absolute Gasteiger partial charge is 0.338 e. The minimum absolute atomic E-state index is 0.00778. The van der Waals surface area contributed by atoms with Gasteiger partial charge in [-0.3, -0.25) is 4.79 Å². The third-order valence-corrected chi connectivity index (χ3v) is 6.79. The maximum atomic E-state index is 12.8. The van der Waals surface area contributed by atoms with E-state index in [9.17, 15) is 18.0 Å². The molecular formula is C22H28N2O5S. The van der Waals surface area contributed by atoms with Gasteiger partial charge >= 0.3 is 5.97 Å². The van der Waals surface area contributed by atoms with E-state index in [-0.39, 0.29) is 22.4 Å². The van der Waals surface area contributed by atoms with E-state index < -0.39 is 22.1 Å². The minimum Gasteiger partial charge on any atom is -0.449 e. The van der Waals surface area contributed by atoms with Crippen LogP contribution in [0.4, 0.5) is 5.69 Å². The topological polar surface area (TPSA) is 84.0 Å². The first-order valence-electron chi connectivity index (χ1n) is 9.75. The van der Waals surface area contributed by atoms with Gasteiger partial charge in [0.1, 0.15) is 0 Å². The zero-order valence-electron chi connectivity index (χ0n) is 17.9. The molecule has 0 bridgehead atoms. The largest absolute Gasteiger partial charge is 0.449 e. The Kier molecular flexibility index (Phi) is 7.75. The molecule has 30 heavy (non-hydrogen) atoms. The Bertz CT molecular complexity index is 990. The van der Waals surface area contributed by atoms with Crippen molar-refractivity contribution in [3.8, 4) is 0 Å². The predicted molar refractivity (Wildman–Crippen MR) is 116 cm³/mol. The second-order valence-electron chi connectivity index (χ2n) is 7.11. The first-order chi connectivity index (χ1) is 14.1. The molecule has 2 rings (SSSR count). The van der Waals surface area contributed by atoms with Crippen molar-refractivity contribution in [2.45, 2.75) is 44.7 Å². The van der Waals surface area contributed by atoms with Crippen LogP contribution in [0, 0.1) is 0 Å². The lowest BCUT2D eigenvalue weighted by Crippen LogP contribution is -2.40. The van der Waals surface area contributed by atoms with E-state index in [2.05, 4.69) is 0 Å². The van der Waals surface area contributed by atoms with Gasteiger partial charge in [-0.05, 0) is 58.0 Å². The highest BCUT2D eigenvalue weighted by atomic mass is 32.2. The average Bonchev–Trinajstić information content (AvgIpc) is 2.74. The number of amides is 1. The summed E-state index contributed by atoms with van der Waals surface area (Å²) in [6, 6.07) is 14.5. The molecule has 0 N–H and O–H groups in total. The van der Waals surface area contributed by atoms with Crippen molar-refractivity contribution in [3.63, 3.8) is 0 Å². The van der Waals surface area contributed by atoms with E-state index in [1.54, 1.807) is 26.0 Å². The van der Waals surface area contributed by atoms with Gasteiger partial charge in [-0.1, -0.05) is 24.3 Å². The minimum atomic E-state index is -3.74. The molecule has 0 saturated carbocycles. The summed E-state index contributed by atoms with van der Waals surface area (Å²) in [7, 11) is -2.26. The molecular weight excluding hydrogens is 404 g/mol. The molecule has 1 amide bonds. The highest BCUT2D eigenvalue weighted by molar-refractivity contribution is 7.89. The van der Waals surface area contributed by atoms with Gasteiger partial charge in [-0.25, -0.2) is 13.2 Å². The van der Waals surface area contributed by atoms with Crippen LogP contribution < -0.4 is 4.90 Å². The fourth-order valence-electron chi connectivity index (χ4n) is 2.80. The number of carbonyl (C=O) groups excluding carboxylic acids is 2. The number of esters is 1. The first kappa shape index (κ1) is 23.6. The van der Waals surface area contributed by atoms with Gasteiger partial charge in [0, 0.05) is 25.3 Å². The summed E-state index contributed by atoms with van der Waals surface area (Å²) in [6.07, 6.45) is -1.03. The Hall–Kier alpha value is -2.71. The second-order valence-corrected chi connectivity index (χ2v) is 9.11. The molecule has 8 heteroatoms. The Morgan fingerprint density at radius 3 is 2.20 bits per heavy atom. The van der Waals surface area contributed by atoms with Gasteiger partial charge in [0.2, 0.25) is 10.0 Å². The summed E-state index contributed by atoms with van der Waals surface area (Å²) in [6.45, 7) is 7.27. The van der Waals surface area contributed by atoms with E-state index in [0.29, 0.717) is 12.2 Å². The number of benzene rings is 2. The first-order valence-corrected chi connectivity index (χ1v) is 11.2. The molecule has 0 saturated heterocycles.